The molecule has 2 aliphatic rings. The van der Waals surface area contributed by atoms with Crippen molar-refractivity contribution in [1.82, 2.24) is 20.6 Å². The zero-order chi connectivity index (χ0) is 18.4. The highest BCUT2D eigenvalue weighted by Crippen LogP contribution is 2.63. The van der Waals surface area contributed by atoms with Crippen LogP contribution in [0.2, 0.25) is 0 Å². The van der Waals surface area contributed by atoms with Crippen molar-refractivity contribution in [3.63, 3.8) is 0 Å². The molecule has 2 aliphatic carbocycles. The Bertz CT molecular complexity index is 842. The van der Waals surface area contributed by atoms with Crippen LogP contribution < -0.4 is 5.43 Å². The van der Waals surface area contributed by atoms with Gasteiger partial charge >= 0.3 is 0 Å². The normalized spacial score (nSPS) is 28.0. The van der Waals surface area contributed by atoms with Gasteiger partial charge in [0.15, 0.2) is 5.82 Å². The van der Waals surface area contributed by atoms with Crippen molar-refractivity contribution >= 4 is 34.7 Å². The van der Waals surface area contributed by atoms with Crippen molar-refractivity contribution in [3.8, 4) is 10.7 Å². The van der Waals surface area contributed by atoms with Gasteiger partial charge in [0.1, 0.15) is 0 Å². The summed E-state index contributed by atoms with van der Waals surface area (Å²) >= 11 is 2.91. The largest absolute Gasteiger partial charge is 0.272 e. The molecule has 0 aromatic carbocycles. The molecule has 0 aliphatic heterocycles. The Morgan fingerprint density at radius 1 is 1.50 bits per heavy atom. The van der Waals surface area contributed by atoms with Crippen molar-refractivity contribution in [3.05, 3.63) is 17.5 Å². The Morgan fingerprint density at radius 2 is 2.35 bits per heavy atom. The Morgan fingerprint density at radius 3 is 3.00 bits per heavy atom. The summed E-state index contributed by atoms with van der Waals surface area (Å²) in [6.07, 6.45) is 3.43. The van der Waals surface area contributed by atoms with Crippen molar-refractivity contribution < 1.29 is 4.79 Å². The Hall–Kier alpha value is -1.67. The van der Waals surface area contributed by atoms with E-state index < -0.39 is 0 Å². The van der Waals surface area contributed by atoms with E-state index in [-0.39, 0.29) is 22.5 Å². The summed E-state index contributed by atoms with van der Waals surface area (Å²) in [6, 6.07) is 3.96. The second-order valence-electron chi connectivity index (χ2n) is 7.82. The van der Waals surface area contributed by atoms with Crippen molar-refractivity contribution in [2.24, 2.45) is 21.8 Å². The van der Waals surface area contributed by atoms with E-state index in [0.717, 1.165) is 29.3 Å². The van der Waals surface area contributed by atoms with Gasteiger partial charge in [-0.05, 0) is 42.0 Å². The molecule has 2 aromatic rings. The standard InChI is InChI=1S/C18H23N5OS2/c1-17(2)11-6-7-18(17,3)13(9-11)20-21-14(24)10-26-16-19-15(22-23-16)12-5-4-8-25-12/h4-5,8,11H,6-7,9-10H2,1-3H3,(H,21,24)(H,19,22,23)/b20-13+. The van der Waals surface area contributed by atoms with E-state index in [1.807, 2.05) is 17.5 Å². The highest BCUT2D eigenvalue weighted by Gasteiger charge is 2.59. The van der Waals surface area contributed by atoms with Crippen LogP contribution in [0.25, 0.3) is 10.7 Å². The highest BCUT2D eigenvalue weighted by atomic mass is 32.2. The monoisotopic (exact) mass is 389 g/mol. The van der Waals surface area contributed by atoms with Crippen LogP contribution >= 0.6 is 23.1 Å². The van der Waals surface area contributed by atoms with Crippen LogP contribution in [0.5, 0.6) is 0 Å². The third kappa shape index (κ3) is 2.89. The fourth-order valence-electron chi connectivity index (χ4n) is 4.22. The van der Waals surface area contributed by atoms with Crippen LogP contribution in [-0.4, -0.2) is 32.6 Å². The maximum absolute atomic E-state index is 12.2. The number of aromatic amines is 1. The molecular formula is C18H23N5OS2. The molecule has 26 heavy (non-hydrogen) atoms. The summed E-state index contributed by atoms with van der Waals surface area (Å²) in [4.78, 5) is 17.6. The molecule has 2 fully saturated rings. The molecule has 0 radical (unpaired) electrons. The van der Waals surface area contributed by atoms with Gasteiger partial charge in [-0.15, -0.1) is 16.4 Å². The number of nitrogens with zero attached hydrogens (tertiary/aromatic N) is 3. The maximum Gasteiger partial charge on any atom is 0.250 e. The number of nitrogens with one attached hydrogen (secondary N) is 2. The van der Waals surface area contributed by atoms with Crippen molar-refractivity contribution in [1.29, 1.82) is 0 Å². The van der Waals surface area contributed by atoms with Gasteiger partial charge in [-0.2, -0.15) is 5.10 Å². The third-order valence-electron chi connectivity index (χ3n) is 6.38. The van der Waals surface area contributed by atoms with Crippen LogP contribution in [0.3, 0.4) is 0 Å². The average molecular weight is 390 g/mol. The molecule has 2 atom stereocenters. The van der Waals surface area contributed by atoms with Crippen LogP contribution in [0, 0.1) is 16.7 Å². The van der Waals surface area contributed by atoms with Gasteiger partial charge in [0.25, 0.3) is 5.91 Å². The van der Waals surface area contributed by atoms with E-state index >= 15 is 0 Å². The smallest absolute Gasteiger partial charge is 0.250 e. The number of carbonyl (C=O) groups excluding carboxylic acids is 1. The fraction of sp³-hybridized carbons (Fsp3) is 0.556. The van der Waals surface area contributed by atoms with Crippen LogP contribution in [0.4, 0.5) is 0 Å². The summed E-state index contributed by atoms with van der Waals surface area (Å²) in [5.74, 6) is 1.55. The lowest BCUT2D eigenvalue weighted by molar-refractivity contribution is -0.118. The summed E-state index contributed by atoms with van der Waals surface area (Å²) < 4.78 is 0. The van der Waals surface area contributed by atoms with Crippen LogP contribution in [0.1, 0.15) is 40.0 Å². The number of thioether (sulfide) groups is 1. The number of aromatic nitrogens is 3. The number of carbonyl (C=O) groups is 1. The Kier molecular flexibility index (Phi) is 4.43. The first kappa shape index (κ1) is 17.7. The number of rotatable bonds is 5. The summed E-state index contributed by atoms with van der Waals surface area (Å²) in [6.45, 7) is 6.96. The van der Waals surface area contributed by atoms with Crippen LogP contribution in [0.15, 0.2) is 27.8 Å². The second kappa shape index (κ2) is 6.49. The lowest BCUT2D eigenvalue weighted by Crippen LogP contribution is -2.34. The van der Waals surface area contributed by atoms with E-state index in [9.17, 15) is 4.79 Å². The minimum atomic E-state index is -0.117. The topological polar surface area (TPSA) is 83.0 Å². The zero-order valence-electron chi connectivity index (χ0n) is 15.2. The van der Waals surface area contributed by atoms with Crippen molar-refractivity contribution in [2.45, 2.75) is 45.2 Å². The van der Waals surface area contributed by atoms with E-state index in [1.54, 1.807) is 11.3 Å². The predicted octanol–water partition coefficient (Wildman–Crippen LogP) is 3.94. The van der Waals surface area contributed by atoms with E-state index in [1.165, 1.54) is 18.2 Å². The summed E-state index contributed by atoms with van der Waals surface area (Å²) in [5, 5.41) is 14.1. The molecule has 2 aromatic heterocycles. The minimum Gasteiger partial charge on any atom is -0.272 e. The Labute approximate surface area is 161 Å². The van der Waals surface area contributed by atoms with Gasteiger partial charge < -0.3 is 0 Å². The minimum absolute atomic E-state index is 0.109. The highest BCUT2D eigenvalue weighted by molar-refractivity contribution is 7.99. The third-order valence-corrected chi connectivity index (χ3v) is 8.10. The molecule has 2 bridgehead atoms. The number of thiophene rings is 1. The molecule has 138 valence electrons. The van der Waals surface area contributed by atoms with Crippen molar-refractivity contribution in [2.75, 3.05) is 5.75 Å². The lowest BCUT2D eigenvalue weighted by atomic mass is 9.70. The molecule has 2 saturated carbocycles. The van der Waals surface area contributed by atoms with E-state index in [4.69, 9.17) is 0 Å². The van der Waals surface area contributed by atoms with Gasteiger partial charge in [0.2, 0.25) is 5.16 Å². The molecule has 1 amide bonds. The number of H-pyrrole nitrogens is 1. The SMILES string of the molecule is CC12CCC(C/C1=N\NC(=O)CSc1n[nH]c(-c3cccs3)n1)C2(C)C. The van der Waals surface area contributed by atoms with Gasteiger partial charge in [0, 0.05) is 11.1 Å². The fourth-order valence-corrected chi connectivity index (χ4v) is 5.48. The van der Waals surface area contributed by atoms with Crippen LogP contribution in [-0.2, 0) is 4.79 Å². The van der Waals surface area contributed by atoms with E-state index in [2.05, 4.69) is 46.5 Å². The molecular weight excluding hydrogens is 366 g/mol. The first-order valence-electron chi connectivity index (χ1n) is 8.85. The molecule has 2 heterocycles. The molecule has 4 rings (SSSR count). The van der Waals surface area contributed by atoms with Gasteiger partial charge in [-0.3, -0.25) is 9.89 Å². The number of hydrogen-bond acceptors (Lipinski definition) is 6. The number of amides is 1. The summed E-state index contributed by atoms with van der Waals surface area (Å²) in [5.41, 5.74) is 4.26. The predicted molar refractivity (Wildman–Crippen MR) is 105 cm³/mol. The second-order valence-corrected chi connectivity index (χ2v) is 9.71. The maximum atomic E-state index is 12.2. The van der Waals surface area contributed by atoms with Gasteiger partial charge in [-0.25, -0.2) is 10.4 Å². The quantitative estimate of drug-likeness (QED) is 0.599. The molecule has 6 nitrogen and oxygen atoms in total. The van der Waals surface area contributed by atoms with E-state index in [0.29, 0.717) is 11.1 Å². The number of fused-ring (bicyclic) bond motifs is 2. The first-order chi connectivity index (χ1) is 12.4. The Balaban J connectivity index is 1.33. The summed E-state index contributed by atoms with van der Waals surface area (Å²) in [7, 11) is 0. The molecule has 0 saturated heterocycles. The number of hydrogen-bond donors (Lipinski definition) is 2. The van der Waals surface area contributed by atoms with Gasteiger partial charge in [0.05, 0.1) is 10.6 Å². The first-order valence-corrected chi connectivity index (χ1v) is 10.7. The zero-order valence-corrected chi connectivity index (χ0v) is 16.8. The number of hydrazone groups is 1. The molecule has 2 N–H and O–H groups in total. The molecule has 8 heteroatoms. The molecule has 0 spiro atoms. The average Bonchev–Trinajstić information content (AvgIpc) is 3.35. The van der Waals surface area contributed by atoms with Gasteiger partial charge in [-0.1, -0.05) is 38.6 Å². The lowest BCUT2D eigenvalue weighted by Gasteiger charge is -2.34. The molecule has 2 unspecified atom stereocenters.